The summed E-state index contributed by atoms with van der Waals surface area (Å²) in [6.45, 7) is 3.87. The van der Waals surface area contributed by atoms with Crippen LogP contribution in [0.4, 0.5) is 13.2 Å². The molecule has 0 amide bonds. The average molecular weight is 246 g/mol. The van der Waals surface area contributed by atoms with Crippen molar-refractivity contribution in [1.29, 1.82) is 0 Å². The summed E-state index contributed by atoms with van der Waals surface area (Å²) in [5.74, 6) is -0.0488. The third kappa shape index (κ3) is 3.43. The fourth-order valence-electron chi connectivity index (χ4n) is 1.89. The molecule has 2 unspecified atom stereocenters. The molecular weight excluding hydrogens is 229 g/mol. The van der Waals surface area contributed by atoms with E-state index < -0.39 is 11.7 Å². The van der Waals surface area contributed by atoms with Gasteiger partial charge in [-0.3, -0.25) is 4.98 Å². The van der Waals surface area contributed by atoms with Gasteiger partial charge in [0.2, 0.25) is 0 Å². The van der Waals surface area contributed by atoms with Crippen LogP contribution in [0, 0.1) is 0 Å². The molecular formula is C12H17F3N2. The fourth-order valence-corrected chi connectivity index (χ4v) is 1.89. The predicted octanol–water partition coefficient (Wildman–Crippen LogP) is 3.20. The normalized spacial score (nSPS) is 15.6. The Balaban J connectivity index is 2.99. The van der Waals surface area contributed by atoms with E-state index in [1.807, 2.05) is 13.8 Å². The largest absolute Gasteiger partial charge is 0.416 e. The van der Waals surface area contributed by atoms with Crippen LogP contribution in [0.3, 0.4) is 0 Å². The molecule has 0 aliphatic carbocycles. The maximum atomic E-state index is 12.6. The Hall–Kier alpha value is -1.10. The summed E-state index contributed by atoms with van der Waals surface area (Å²) in [7, 11) is 1.80. The van der Waals surface area contributed by atoms with Crippen LogP contribution in [0.5, 0.6) is 0 Å². The van der Waals surface area contributed by atoms with Crippen molar-refractivity contribution in [1.82, 2.24) is 10.3 Å². The molecule has 0 aliphatic heterocycles. The van der Waals surface area contributed by atoms with Gasteiger partial charge in [-0.15, -0.1) is 0 Å². The highest BCUT2D eigenvalue weighted by molar-refractivity contribution is 5.22. The van der Waals surface area contributed by atoms with Crippen molar-refractivity contribution in [3.63, 3.8) is 0 Å². The van der Waals surface area contributed by atoms with Crippen LogP contribution >= 0.6 is 0 Å². The Morgan fingerprint density at radius 3 is 2.53 bits per heavy atom. The molecule has 17 heavy (non-hydrogen) atoms. The van der Waals surface area contributed by atoms with Gasteiger partial charge in [-0.1, -0.05) is 13.8 Å². The standard InChI is InChI=1S/C12H17F3N2/c1-4-10(16-3)8(2)11-7-9(5-6-17-11)12(13,14)15/h5-8,10,16H,4H2,1-3H3. The first-order chi connectivity index (χ1) is 7.90. The van der Waals surface area contributed by atoms with Crippen LogP contribution in [-0.4, -0.2) is 18.1 Å². The maximum absolute atomic E-state index is 12.6. The molecule has 1 rings (SSSR count). The Morgan fingerprint density at radius 2 is 2.06 bits per heavy atom. The van der Waals surface area contributed by atoms with Gasteiger partial charge in [0.05, 0.1) is 5.56 Å². The molecule has 0 spiro atoms. The van der Waals surface area contributed by atoms with Crippen LogP contribution in [0.15, 0.2) is 18.3 Å². The highest BCUT2D eigenvalue weighted by Gasteiger charge is 2.31. The Labute approximate surface area is 99.3 Å². The summed E-state index contributed by atoms with van der Waals surface area (Å²) >= 11 is 0. The predicted molar refractivity (Wildman–Crippen MR) is 60.8 cm³/mol. The van der Waals surface area contributed by atoms with Crippen LogP contribution in [0.1, 0.15) is 37.4 Å². The van der Waals surface area contributed by atoms with Crippen LogP contribution < -0.4 is 5.32 Å². The minimum Gasteiger partial charge on any atom is -0.316 e. The summed E-state index contributed by atoms with van der Waals surface area (Å²) in [5, 5.41) is 3.09. The number of likely N-dealkylation sites (N-methyl/N-ethyl adjacent to an activating group) is 1. The molecule has 0 saturated carbocycles. The molecule has 5 heteroatoms. The lowest BCUT2D eigenvalue weighted by atomic mass is 9.95. The minimum absolute atomic E-state index is 0.0488. The Morgan fingerprint density at radius 1 is 1.41 bits per heavy atom. The van der Waals surface area contributed by atoms with E-state index in [1.54, 1.807) is 7.05 Å². The van der Waals surface area contributed by atoms with E-state index in [2.05, 4.69) is 10.3 Å². The number of alkyl halides is 3. The van der Waals surface area contributed by atoms with Gasteiger partial charge in [0, 0.05) is 23.9 Å². The van der Waals surface area contributed by atoms with E-state index in [1.165, 1.54) is 6.20 Å². The third-order valence-corrected chi connectivity index (χ3v) is 2.99. The van der Waals surface area contributed by atoms with E-state index in [-0.39, 0.29) is 12.0 Å². The minimum atomic E-state index is -4.31. The van der Waals surface area contributed by atoms with Crippen molar-refractivity contribution < 1.29 is 13.2 Å². The number of hydrogen-bond acceptors (Lipinski definition) is 2. The number of pyridine rings is 1. The third-order valence-electron chi connectivity index (χ3n) is 2.99. The first-order valence-corrected chi connectivity index (χ1v) is 5.60. The van der Waals surface area contributed by atoms with E-state index in [0.29, 0.717) is 5.69 Å². The molecule has 0 bridgehead atoms. The van der Waals surface area contributed by atoms with Crippen molar-refractivity contribution in [2.75, 3.05) is 7.05 Å². The molecule has 1 aromatic rings. The van der Waals surface area contributed by atoms with E-state index in [4.69, 9.17) is 0 Å². The van der Waals surface area contributed by atoms with Gasteiger partial charge >= 0.3 is 6.18 Å². The summed E-state index contributed by atoms with van der Waals surface area (Å²) < 4.78 is 37.7. The highest BCUT2D eigenvalue weighted by atomic mass is 19.4. The quantitative estimate of drug-likeness (QED) is 0.882. The first kappa shape index (κ1) is 14.0. The van der Waals surface area contributed by atoms with Crippen molar-refractivity contribution in [2.45, 2.75) is 38.4 Å². The monoisotopic (exact) mass is 246 g/mol. The number of nitrogens with zero attached hydrogens (tertiary/aromatic N) is 1. The smallest absolute Gasteiger partial charge is 0.316 e. The summed E-state index contributed by atoms with van der Waals surface area (Å²) in [6, 6.07) is 2.26. The zero-order valence-electron chi connectivity index (χ0n) is 10.2. The number of nitrogens with one attached hydrogen (secondary N) is 1. The highest BCUT2D eigenvalue weighted by Crippen LogP contribution is 2.31. The van der Waals surface area contributed by atoms with E-state index in [9.17, 15) is 13.2 Å². The topological polar surface area (TPSA) is 24.9 Å². The van der Waals surface area contributed by atoms with Gasteiger partial charge < -0.3 is 5.32 Å². The second-order valence-corrected chi connectivity index (χ2v) is 4.06. The van der Waals surface area contributed by atoms with E-state index >= 15 is 0 Å². The SMILES string of the molecule is CCC(NC)C(C)c1cc(C(F)(F)F)ccn1. The fraction of sp³-hybridized carbons (Fsp3) is 0.583. The summed E-state index contributed by atoms with van der Waals surface area (Å²) in [6.07, 6.45) is -2.24. The lowest BCUT2D eigenvalue weighted by Gasteiger charge is -2.22. The van der Waals surface area contributed by atoms with Crippen LogP contribution in [-0.2, 0) is 6.18 Å². The van der Waals surface area contributed by atoms with Gasteiger partial charge in [-0.2, -0.15) is 13.2 Å². The van der Waals surface area contributed by atoms with Crippen molar-refractivity contribution >= 4 is 0 Å². The van der Waals surface area contributed by atoms with Gasteiger partial charge in [-0.05, 0) is 25.6 Å². The second kappa shape index (κ2) is 5.49. The average Bonchev–Trinajstić information content (AvgIpc) is 2.29. The molecule has 2 nitrogen and oxygen atoms in total. The van der Waals surface area contributed by atoms with Crippen LogP contribution in [0.25, 0.3) is 0 Å². The number of rotatable bonds is 4. The molecule has 0 aromatic carbocycles. The van der Waals surface area contributed by atoms with Gasteiger partial charge in [0.15, 0.2) is 0 Å². The second-order valence-electron chi connectivity index (χ2n) is 4.06. The molecule has 1 aromatic heterocycles. The zero-order valence-corrected chi connectivity index (χ0v) is 10.2. The lowest BCUT2D eigenvalue weighted by molar-refractivity contribution is -0.137. The molecule has 1 N–H and O–H groups in total. The molecule has 96 valence electrons. The molecule has 2 atom stereocenters. The maximum Gasteiger partial charge on any atom is 0.416 e. The van der Waals surface area contributed by atoms with Crippen molar-refractivity contribution in [3.8, 4) is 0 Å². The lowest BCUT2D eigenvalue weighted by Crippen LogP contribution is -2.30. The summed E-state index contributed by atoms with van der Waals surface area (Å²) in [4.78, 5) is 4.03. The van der Waals surface area contributed by atoms with Gasteiger partial charge in [0.1, 0.15) is 0 Å². The first-order valence-electron chi connectivity index (χ1n) is 5.60. The number of hydrogen-bond donors (Lipinski definition) is 1. The van der Waals surface area contributed by atoms with Gasteiger partial charge in [-0.25, -0.2) is 0 Å². The van der Waals surface area contributed by atoms with Crippen molar-refractivity contribution in [2.24, 2.45) is 0 Å². The molecule has 1 heterocycles. The molecule has 0 saturated heterocycles. The summed E-state index contributed by atoms with van der Waals surface area (Å²) in [5.41, 5.74) is -0.165. The number of aromatic nitrogens is 1. The Bertz CT molecular complexity index is 359. The zero-order chi connectivity index (χ0) is 13.1. The number of halogens is 3. The molecule has 0 aliphatic rings. The Kier molecular flexibility index (Phi) is 4.51. The molecule has 0 fully saturated rings. The molecule has 0 radical (unpaired) electrons. The van der Waals surface area contributed by atoms with Crippen LogP contribution in [0.2, 0.25) is 0 Å². The van der Waals surface area contributed by atoms with Crippen molar-refractivity contribution in [3.05, 3.63) is 29.6 Å². The van der Waals surface area contributed by atoms with Gasteiger partial charge in [0.25, 0.3) is 0 Å². The van der Waals surface area contributed by atoms with E-state index in [0.717, 1.165) is 18.6 Å².